The van der Waals surface area contributed by atoms with Crippen molar-refractivity contribution in [1.29, 1.82) is 0 Å². The molecule has 3 rings (SSSR count). The summed E-state index contributed by atoms with van der Waals surface area (Å²) in [5, 5.41) is 5.98. The Labute approximate surface area is 119 Å². The van der Waals surface area contributed by atoms with Crippen molar-refractivity contribution in [1.82, 2.24) is 5.32 Å². The highest BCUT2D eigenvalue weighted by Gasteiger charge is 2.34. The van der Waals surface area contributed by atoms with Gasteiger partial charge in [0, 0.05) is 16.8 Å². The summed E-state index contributed by atoms with van der Waals surface area (Å²) in [7, 11) is 0. The summed E-state index contributed by atoms with van der Waals surface area (Å²) >= 11 is 1.90. The van der Waals surface area contributed by atoms with E-state index in [9.17, 15) is 0 Å². The lowest BCUT2D eigenvalue weighted by molar-refractivity contribution is 0.416. The largest absolute Gasteiger partial charge is 0.309 e. The minimum atomic E-state index is 0.495. The van der Waals surface area contributed by atoms with Gasteiger partial charge in [0.15, 0.2) is 0 Å². The number of benzene rings is 1. The lowest BCUT2D eigenvalue weighted by Crippen LogP contribution is -2.33. The van der Waals surface area contributed by atoms with Crippen molar-refractivity contribution < 1.29 is 0 Å². The third kappa shape index (κ3) is 2.35. The van der Waals surface area contributed by atoms with E-state index in [0.29, 0.717) is 12.0 Å². The zero-order valence-corrected chi connectivity index (χ0v) is 12.5. The molecule has 1 heterocycles. The molecule has 0 saturated heterocycles. The second-order valence-electron chi connectivity index (χ2n) is 5.41. The lowest BCUT2D eigenvalue weighted by atomic mass is 9.72. The number of hydrogen-bond acceptors (Lipinski definition) is 2. The maximum absolute atomic E-state index is 3.77. The van der Waals surface area contributed by atoms with E-state index >= 15 is 0 Å². The Bertz CT molecular complexity index is 558. The zero-order valence-electron chi connectivity index (χ0n) is 11.6. The third-order valence-electron chi connectivity index (χ3n) is 4.10. The summed E-state index contributed by atoms with van der Waals surface area (Å²) in [5.41, 5.74) is 4.51. The van der Waals surface area contributed by atoms with Crippen LogP contribution < -0.4 is 5.32 Å². The van der Waals surface area contributed by atoms with Gasteiger partial charge < -0.3 is 5.32 Å². The van der Waals surface area contributed by atoms with Gasteiger partial charge in [-0.2, -0.15) is 0 Å². The summed E-state index contributed by atoms with van der Waals surface area (Å²) in [4.78, 5) is 1.52. The van der Waals surface area contributed by atoms with E-state index < -0.39 is 0 Å². The fourth-order valence-corrected chi connectivity index (χ4v) is 4.08. The molecule has 2 unspecified atom stereocenters. The standard InChI is InChI=1S/C17H21NS/c1-3-9-18-16(17-12(2)8-10-19-17)15-11-13-6-4-5-7-14(13)15/h4-8,10,15-16,18H,3,9,11H2,1-2H3. The molecule has 1 aliphatic carbocycles. The molecule has 0 aliphatic heterocycles. The second-order valence-corrected chi connectivity index (χ2v) is 6.36. The Morgan fingerprint density at radius 3 is 2.84 bits per heavy atom. The molecule has 1 aliphatic rings. The average molecular weight is 271 g/mol. The molecule has 1 N–H and O–H groups in total. The van der Waals surface area contributed by atoms with Crippen LogP contribution in [0.4, 0.5) is 0 Å². The summed E-state index contributed by atoms with van der Waals surface area (Å²) in [6, 6.07) is 11.6. The smallest absolute Gasteiger partial charge is 0.0490 e. The molecule has 0 saturated carbocycles. The minimum Gasteiger partial charge on any atom is -0.309 e. The molecule has 2 heteroatoms. The number of thiophene rings is 1. The van der Waals surface area contributed by atoms with E-state index in [1.807, 2.05) is 11.3 Å². The van der Waals surface area contributed by atoms with Crippen LogP contribution in [-0.2, 0) is 6.42 Å². The van der Waals surface area contributed by atoms with E-state index in [2.05, 4.69) is 54.9 Å². The molecule has 1 nitrogen and oxygen atoms in total. The molecule has 0 amide bonds. The first-order chi connectivity index (χ1) is 9.31. The highest BCUT2D eigenvalue weighted by Crippen LogP contribution is 2.45. The van der Waals surface area contributed by atoms with Crippen LogP contribution in [0.2, 0.25) is 0 Å². The van der Waals surface area contributed by atoms with Crippen LogP contribution in [0, 0.1) is 6.92 Å². The van der Waals surface area contributed by atoms with Gasteiger partial charge in [-0.1, -0.05) is 31.2 Å². The molecule has 1 aromatic carbocycles. The van der Waals surface area contributed by atoms with Gasteiger partial charge in [-0.15, -0.1) is 11.3 Å². The molecule has 2 aromatic rings. The normalized spacial score (nSPS) is 18.7. The fraction of sp³-hybridized carbons (Fsp3) is 0.412. The highest BCUT2D eigenvalue weighted by atomic mass is 32.1. The van der Waals surface area contributed by atoms with Crippen LogP contribution in [0.15, 0.2) is 35.7 Å². The summed E-state index contributed by atoms with van der Waals surface area (Å²) in [6.07, 6.45) is 2.41. The predicted octanol–water partition coefficient (Wildman–Crippen LogP) is 4.44. The Kier molecular flexibility index (Phi) is 3.72. The van der Waals surface area contributed by atoms with E-state index in [0.717, 1.165) is 6.54 Å². The quantitative estimate of drug-likeness (QED) is 0.848. The number of rotatable bonds is 5. The van der Waals surface area contributed by atoms with Gasteiger partial charge in [-0.3, -0.25) is 0 Å². The van der Waals surface area contributed by atoms with E-state index in [1.165, 1.54) is 28.8 Å². The average Bonchev–Trinajstić information content (AvgIpc) is 2.81. The Balaban J connectivity index is 1.88. The minimum absolute atomic E-state index is 0.495. The van der Waals surface area contributed by atoms with Gasteiger partial charge in [0.2, 0.25) is 0 Å². The van der Waals surface area contributed by atoms with Crippen LogP contribution in [0.25, 0.3) is 0 Å². The molecule has 0 bridgehead atoms. The predicted molar refractivity (Wildman–Crippen MR) is 83.0 cm³/mol. The number of nitrogens with one attached hydrogen (secondary N) is 1. The van der Waals surface area contributed by atoms with Crippen molar-refractivity contribution >= 4 is 11.3 Å². The first-order valence-electron chi connectivity index (χ1n) is 7.16. The number of hydrogen-bond donors (Lipinski definition) is 1. The van der Waals surface area contributed by atoms with Gasteiger partial charge in [0.05, 0.1) is 0 Å². The van der Waals surface area contributed by atoms with Crippen molar-refractivity contribution in [3.05, 3.63) is 57.3 Å². The summed E-state index contributed by atoms with van der Waals surface area (Å²) in [5.74, 6) is 0.653. The molecule has 19 heavy (non-hydrogen) atoms. The molecule has 0 spiro atoms. The van der Waals surface area contributed by atoms with Gasteiger partial charge in [0.25, 0.3) is 0 Å². The maximum atomic E-state index is 3.77. The molecular weight excluding hydrogens is 250 g/mol. The number of aryl methyl sites for hydroxylation is 1. The Morgan fingerprint density at radius 1 is 1.32 bits per heavy atom. The summed E-state index contributed by atoms with van der Waals surface area (Å²) < 4.78 is 0. The van der Waals surface area contributed by atoms with Gasteiger partial charge >= 0.3 is 0 Å². The van der Waals surface area contributed by atoms with Crippen LogP contribution in [-0.4, -0.2) is 6.54 Å². The van der Waals surface area contributed by atoms with Crippen LogP contribution in [0.1, 0.15) is 46.9 Å². The molecule has 100 valence electrons. The van der Waals surface area contributed by atoms with Crippen LogP contribution >= 0.6 is 11.3 Å². The van der Waals surface area contributed by atoms with Gasteiger partial charge in [0.1, 0.15) is 0 Å². The molecule has 0 radical (unpaired) electrons. The first-order valence-corrected chi connectivity index (χ1v) is 8.04. The Morgan fingerprint density at radius 2 is 2.16 bits per heavy atom. The first kappa shape index (κ1) is 12.9. The van der Waals surface area contributed by atoms with E-state index in [-0.39, 0.29) is 0 Å². The second kappa shape index (κ2) is 5.48. The van der Waals surface area contributed by atoms with E-state index in [4.69, 9.17) is 0 Å². The van der Waals surface area contributed by atoms with Crippen molar-refractivity contribution in [3.63, 3.8) is 0 Å². The van der Waals surface area contributed by atoms with Crippen LogP contribution in [0.5, 0.6) is 0 Å². The van der Waals surface area contributed by atoms with E-state index in [1.54, 1.807) is 5.56 Å². The highest BCUT2D eigenvalue weighted by molar-refractivity contribution is 7.10. The zero-order chi connectivity index (χ0) is 13.2. The number of fused-ring (bicyclic) bond motifs is 1. The van der Waals surface area contributed by atoms with Crippen LogP contribution in [0.3, 0.4) is 0 Å². The fourth-order valence-electron chi connectivity index (χ4n) is 3.02. The van der Waals surface area contributed by atoms with Crippen molar-refractivity contribution in [3.8, 4) is 0 Å². The molecular formula is C17H21NS. The SMILES string of the molecule is CCCNC(c1sccc1C)C1Cc2ccccc21. The van der Waals surface area contributed by atoms with Gasteiger partial charge in [-0.05, 0) is 54.4 Å². The lowest BCUT2D eigenvalue weighted by Gasteiger charge is -2.37. The topological polar surface area (TPSA) is 12.0 Å². The third-order valence-corrected chi connectivity index (χ3v) is 5.20. The monoisotopic (exact) mass is 271 g/mol. The van der Waals surface area contributed by atoms with Crippen molar-refractivity contribution in [2.24, 2.45) is 0 Å². The molecule has 2 atom stereocenters. The van der Waals surface area contributed by atoms with Crippen molar-refractivity contribution in [2.45, 2.75) is 38.6 Å². The molecule has 1 aromatic heterocycles. The molecule has 0 fully saturated rings. The summed E-state index contributed by atoms with van der Waals surface area (Å²) in [6.45, 7) is 5.57. The maximum Gasteiger partial charge on any atom is 0.0490 e. The van der Waals surface area contributed by atoms with Gasteiger partial charge in [-0.25, -0.2) is 0 Å². The van der Waals surface area contributed by atoms with Crippen molar-refractivity contribution in [2.75, 3.05) is 6.54 Å². The Hall–Kier alpha value is -1.12.